The average molecular weight is 423 g/mol. The highest BCUT2D eigenvalue weighted by atomic mass is 16.4. The molecule has 2 aromatic carbocycles. The molecule has 9 nitrogen and oxygen atoms in total. The molecule has 2 atom stereocenters. The predicted octanol–water partition coefficient (Wildman–Crippen LogP) is 0.729. The van der Waals surface area contributed by atoms with Crippen LogP contribution in [0.1, 0.15) is 39.1 Å². The number of nitrogens with zero attached hydrogens (tertiary/aromatic N) is 1. The predicted molar refractivity (Wildman–Crippen MR) is 109 cm³/mol. The summed E-state index contributed by atoms with van der Waals surface area (Å²) >= 11 is 0. The van der Waals surface area contributed by atoms with E-state index in [-0.39, 0.29) is 24.0 Å². The van der Waals surface area contributed by atoms with Crippen molar-refractivity contribution in [1.82, 2.24) is 10.2 Å². The first kappa shape index (κ1) is 21.8. The first-order chi connectivity index (χ1) is 14.8. The van der Waals surface area contributed by atoms with Crippen LogP contribution >= 0.6 is 0 Å². The van der Waals surface area contributed by atoms with E-state index in [1.807, 2.05) is 0 Å². The maximum absolute atomic E-state index is 12.9. The minimum Gasteiger partial charge on any atom is -0.478 e. The van der Waals surface area contributed by atoms with E-state index in [4.69, 9.17) is 5.73 Å². The van der Waals surface area contributed by atoms with Gasteiger partial charge in [-0.1, -0.05) is 42.5 Å². The molecular formula is C22H21N3O6. The van der Waals surface area contributed by atoms with Gasteiger partial charge in [0.15, 0.2) is 0 Å². The lowest BCUT2D eigenvalue weighted by Crippen LogP contribution is -2.69. The van der Waals surface area contributed by atoms with Gasteiger partial charge in [-0.25, -0.2) is 9.69 Å². The second-order valence-electron chi connectivity index (χ2n) is 7.15. The lowest BCUT2D eigenvalue weighted by atomic mass is 9.99. The first-order valence-corrected chi connectivity index (χ1v) is 9.58. The van der Waals surface area contributed by atoms with Gasteiger partial charge in [0.1, 0.15) is 6.29 Å². The number of nitrogens with two attached hydrogens (primary N) is 1. The molecule has 160 valence electrons. The van der Waals surface area contributed by atoms with E-state index in [9.17, 15) is 29.1 Å². The Hall–Kier alpha value is -3.85. The van der Waals surface area contributed by atoms with Gasteiger partial charge in [0.25, 0.3) is 11.8 Å². The first-order valence-electron chi connectivity index (χ1n) is 9.58. The van der Waals surface area contributed by atoms with Gasteiger partial charge < -0.3 is 21.0 Å². The summed E-state index contributed by atoms with van der Waals surface area (Å²) in [6.07, 6.45) is -0.251. The molecule has 0 fully saturated rings. The van der Waals surface area contributed by atoms with Crippen LogP contribution < -0.4 is 11.1 Å². The second-order valence-corrected chi connectivity index (χ2v) is 7.15. The van der Waals surface area contributed by atoms with Crippen LogP contribution in [0.3, 0.4) is 0 Å². The van der Waals surface area contributed by atoms with Crippen molar-refractivity contribution >= 4 is 30.0 Å². The lowest BCUT2D eigenvalue weighted by Gasteiger charge is -2.37. The molecule has 2 aromatic rings. The van der Waals surface area contributed by atoms with Crippen molar-refractivity contribution in [3.63, 3.8) is 0 Å². The number of carbonyl (C=O) groups is 5. The third-order valence-corrected chi connectivity index (χ3v) is 5.12. The zero-order valence-corrected chi connectivity index (χ0v) is 16.5. The summed E-state index contributed by atoms with van der Waals surface area (Å²) in [7, 11) is 0. The van der Waals surface area contributed by atoms with Gasteiger partial charge >= 0.3 is 5.97 Å². The topological polar surface area (TPSA) is 147 Å². The summed E-state index contributed by atoms with van der Waals surface area (Å²) in [4.78, 5) is 62.6. The highest BCUT2D eigenvalue weighted by Crippen LogP contribution is 2.31. The zero-order valence-electron chi connectivity index (χ0n) is 16.5. The Labute approximate surface area is 177 Å². The van der Waals surface area contributed by atoms with Crippen LogP contribution in [0.5, 0.6) is 0 Å². The Balaban J connectivity index is 1.95. The van der Waals surface area contributed by atoms with Crippen molar-refractivity contribution in [1.29, 1.82) is 0 Å². The molecule has 1 aliphatic heterocycles. The van der Waals surface area contributed by atoms with Crippen molar-refractivity contribution in [3.8, 4) is 0 Å². The summed E-state index contributed by atoms with van der Waals surface area (Å²) in [5, 5.41) is 12.3. The van der Waals surface area contributed by atoms with Gasteiger partial charge in [-0.2, -0.15) is 0 Å². The third kappa shape index (κ3) is 4.08. The average Bonchev–Trinajstić information content (AvgIpc) is 3.02. The number of hydrogen-bond donors (Lipinski definition) is 3. The quantitative estimate of drug-likeness (QED) is 0.398. The number of nitrogens with one attached hydrogen (secondary N) is 1. The Morgan fingerprint density at radius 2 is 1.58 bits per heavy atom. The monoisotopic (exact) mass is 423 g/mol. The number of hydrogen-bond acceptors (Lipinski definition) is 6. The van der Waals surface area contributed by atoms with Crippen molar-refractivity contribution in [3.05, 3.63) is 71.3 Å². The molecule has 0 radical (unpaired) electrons. The fraction of sp³-hybridized carbons (Fsp3) is 0.227. The smallest absolute Gasteiger partial charge is 0.351 e. The highest BCUT2D eigenvalue weighted by molar-refractivity contribution is 6.23. The van der Waals surface area contributed by atoms with Gasteiger partial charge in [-0.3, -0.25) is 14.4 Å². The molecule has 0 saturated carbocycles. The number of fused-ring (bicyclic) bond motifs is 1. The lowest BCUT2D eigenvalue weighted by molar-refractivity contribution is -0.154. The number of rotatable bonds is 9. The zero-order chi connectivity index (χ0) is 22.6. The van der Waals surface area contributed by atoms with E-state index >= 15 is 0 Å². The molecule has 3 amide bonds. The number of carbonyl (C=O) groups excluding carboxylic acids is 4. The summed E-state index contributed by atoms with van der Waals surface area (Å²) in [6, 6.07) is 13.6. The molecule has 9 heteroatoms. The number of imide groups is 1. The summed E-state index contributed by atoms with van der Waals surface area (Å²) in [6.45, 7) is 0. The Morgan fingerprint density at radius 3 is 2.10 bits per heavy atom. The highest BCUT2D eigenvalue weighted by Gasteiger charge is 2.55. The van der Waals surface area contributed by atoms with Crippen molar-refractivity contribution in [2.24, 2.45) is 5.73 Å². The summed E-state index contributed by atoms with van der Waals surface area (Å²) in [5.41, 5.74) is 4.31. The molecule has 0 aromatic heterocycles. The van der Waals surface area contributed by atoms with E-state index in [1.165, 1.54) is 24.3 Å². The number of benzene rings is 2. The minimum atomic E-state index is -2.46. The van der Waals surface area contributed by atoms with Gasteiger partial charge in [0, 0.05) is 12.8 Å². The van der Waals surface area contributed by atoms with E-state index in [0.29, 0.717) is 11.2 Å². The summed E-state index contributed by atoms with van der Waals surface area (Å²) in [5.74, 6) is -4.26. The largest absolute Gasteiger partial charge is 0.478 e. The minimum absolute atomic E-state index is 0.0204. The number of carboxylic acid groups (broad SMARTS) is 1. The van der Waals surface area contributed by atoms with Gasteiger partial charge in [-0.05, 0) is 24.1 Å². The maximum atomic E-state index is 12.9. The number of aliphatic carboxylic acids is 1. The summed E-state index contributed by atoms with van der Waals surface area (Å²) < 4.78 is 0. The standard InChI is InChI=1S/C22H21N3O6/c23-17(13-14-7-2-1-3-8-14)18(27)24-22(21(30)31,11-6-12-26)25-19(28)15-9-4-5-10-16(15)20(25)29/h1-5,7-10,12,17H,6,11,13,23H2,(H,24,27)(H,30,31)/t17-,22-/m0/s1. The number of amides is 3. The molecule has 0 aliphatic carbocycles. The van der Waals surface area contributed by atoms with Crippen LogP contribution in [0.25, 0.3) is 0 Å². The van der Waals surface area contributed by atoms with E-state index in [2.05, 4.69) is 5.32 Å². The SMILES string of the molecule is N[C@@H](Cc1ccccc1)C(=O)N[C@](CCC=O)(C(=O)O)N1C(=O)c2ccccc2C1=O. The number of aldehydes is 1. The molecular weight excluding hydrogens is 402 g/mol. The molecule has 1 heterocycles. The third-order valence-electron chi connectivity index (χ3n) is 5.12. The van der Waals surface area contributed by atoms with Gasteiger partial charge in [0.05, 0.1) is 17.2 Å². The number of carboxylic acids is 1. The Bertz CT molecular complexity index is 1000. The van der Waals surface area contributed by atoms with Crippen LogP contribution in [0, 0.1) is 0 Å². The fourth-order valence-corrected chi connectivity index (χ4v) is 3.55. The van der Waals surface area contributed by atoms with E-state index in [1.54, 1.807) is 30.3 Å². The van der Waals surface area contributed by atoms with E-state index in [0.717, 1.165) is 5.56 Å². The molecule has 0 bridgehead atoms. The van der Waals surface area contributed by atoms with Crippen LogP contribution in [0.4, 0.5) is 0 Å². The molecule has 3 rings (SSSR count). The Kier molecular flexibility index (Phi) is 6.26. The normalized spacial score (nSPS) is 15.7. The van der Waals surface area contributed by atoms with Crippen LogP contribution in [-0.4, -0.2) is 51.7 Å². The van der Waals surface area contributed by atoms with Crippen molar-refractivity contribution < 1.29 is 29.1 Å². The van der Waals surface area contributed by atoms with E-state index < -0.39 is 41.8 Å². The van der Waals surface area contributed by atoms with Crippen LogP contribution in [-0.2, 0) is 20.8 Å². The molecule has 0 saturated heterocycles. The molecule has 0 spiro atoms. The second kappa shape index (κ2) is 8.88. The molecule has 1 aliphatic rings. The van der Waals surface area contributed by atoms with Crippen LogP contribution in [0.15, 0.2) is 54.6 Å². The van der Waals surface area contributed by atoms with Gasteiger partial charge in [0.2, 0.25) is 11.6 Å². The van der Waals surface area contributed by atoms with Crippen LogP contribution in [0.2, 0.25) is 0 Å². The molecule has 31 heavy (non-hydrogen) atoms. The maximum Gasteiger partial charge on any atom is 0.351 e. The van der Waals surface area contributed by atoms with Crippen molar-refractivity contribution in [2.75, 3.05) is 0 Å². The molecule has 0 unspecified atom stereocenters. The van der Waals surface area contributed by atoms with Gasteiger partial charge in [-0.15, -0.1) is 0 Å². The fourth-order valence-electron chi connectivity index (χ4n) is 3.55. The molecule has 4 N–H and O–H groups in total. The Morgan fingerprint density at radius 1 is 1.03 bits per heavy atom. The van der Waals surface area contributed by atoms with Crippen molar-refractivity contribution in [2.45, 2.75) is 31.0 Å².